The first kappa shape index (κ1) is 26.8. The molecule has 0 aliphatic heterocycles. The van der Waals surface area contributed by atoms with Gasteiger partial charge in [-0.15, -0.1) is 0 Å². The van der Waals surface area contributed by atoms with Crippen LogP contribution in [0.2, 0.25) is 0 Å². The van der Waals surface area contributed by atoms with Crippen LogP contribution in [0.4, 0.5) is 43.9 Å². The van der Waals surface area contributed by atoms with E-state index in [0.717, 1.165) is 24.6 Å². The average Bonchev–Trinajstić information content (AvgIpc) is 3.23. The Bertz CT molecular complexity index is 1470. The molecular formula is C25H23F5N6O2. The molecule has 0 radical (unpaired) electrons. The minimum atomic E-state index is -4.73. The Morgan fingerprint density at radius 2 is 1.79 bits per heavy atom. The van der Waals surface area contributed by atoms with E-state index in [1.54, 1.807) is 11.6 Å². The second-order valence-corrected chi connectivity index (χ2v) is 8.37. The molecule has 0 aliphatic rings. The number of nitrogens with one attached hydrogen (secondary N) is 2. The molecule has 2 aromatic carbocycles. The lowest BCUT2D eigenvalue weighted by molar-refractivity contribution is -0.137. The largest absolute Gasteiger partial charge is 0.416 e. The Morgan fingerprint density at radius 1 is 1.03 bits per heavy atom. The summed E-state index contributed by atoms with van der Waals surface area (Å²) in [7, 11) is 1.62. The van der Waals surface area contributed by atoms with Gasteiger partial charge in [-0.1, -0.05) is 6.07 Å². The lowest BCUT2D eigenvalue weighted by Gasteiger charge is -2.12. The third-order valence-electron chi connectivity index (χ3n) is 5.76. The number of aromatic nitrogens is 3. The maximum absolute atomic E-state index is 15.0. The number of aryl methyl sites for hydroxylation is 1. The summed E-state index contributed by atoms with van der Waals surface area (Å²) >= 11 is 0. The van der Waals surface area contributed by atoms with Crippen molar-refractivity contribution in [3.8, 4) is 11.1 Å². The van der Waals surface area contributed by atoms with E-state index in [-0.39, 0.29) is 11.5 Å². The molecule has 4 N–H and O–H groups in total. The number of amides is 2. The number of hydrogen-bond acceptors (Lipinski definition) is 5. The summed E-state index contributed by atoms with van der Waals surface area (Å²) in [5, 5.41) is 8.42. The van der Waals surface area contributed by atoms with Gasteiger partial charge in [0.2, 0.25) is 0 Å². The highest BCUT2D eigenvalue weighted by Crippen LogP contribution is 2.34. The predicted octanol–water partition coefficient (Wildman–Crippen LogP) is 5.89. The zero-order chi connectivity index (χ0) is 27.4. The molecule has 4 aromatic rings. The first-order valence-electron chi connectivity index (χ1n) is 11.4. The molecule has 2 aromatic heterocycles. The number of nitrogens with zero attached hydrogens (tertiary/aromatic N) is 3. The number of carbonyl (C=O) groups excluding carboxylic acids is 1. The fourth-order valence-electron chi connectivity index (χ4n) is 3.94. The van der Waals surface area contributed by atoms with Crippen LogP contribution in [0.15, 0.2) is 48.8 Å². The van der Waals surface area contributed by atoms with Gasteiger partial charge in [-0.2, -0.15) is 18.3 Å². The van der Waals surface area contributed by atoms with Crippen molar-refractivity contribution in [1.29, 1.82) is 0 Å². The summed E-state index contributed by atoms with van der Waals surface area (Å²) in [5.74, 6) is -1.72. The molecule has 0 saturated carbocycles. The molecule has 0 unspecified atom stereocenters. The van der Waals surface area contributed by atoms with Gasteiger partial charge in [-0.3, -0.25) is 0 Å². The van der Waals surface area contributed by atoms with Gasteiger partial charge in [-0.05, 0) is 61.2 Å². The summed E-state index contributed by atoms with van der Waals surface area (Å²) in [4.78, 5) is 16.3. The number of hydrogen-bond donors (Lipinski definition) is 3. The fraction of sp³-hybridized carbons (Fsp3) is 0.240. The number of carbonyl (C=O) groups is 1. The molecule has 0 bridgehead atoms. The second-order valence-electron chi connectivity index (χ2n) is 8.37. The predicted molar refractivity (Wildman–Crippen MR) is 132 cm³/mol. The van der Waals surface area contributed by atoms with Gasteiger partial charge < -0.3 is 21.1 Å². The number of rotatable bonds is 8. The van der Waals surface area contributed by atoms with Crippen LogP contribution >= 0.6 is 0 Å². The van der Waals surface area contributed by atoms with E-state index in [9.17, 15) is 26.7 Å². The number of alkyl halides is 3. The number of urea groups is 1. The normalized spacial score (nSPS) is 11.6. The second kappa shape index (κ2) is 11.0. The van der Waals surface area contributed by atoms with Crippen molar-refractivity contribution in [3.63, 3.8) is 0 Å². The van der Waals surface area contributed by atoms with Gasteiger partial charge in [0.25, 0.3) is 0 Å². The van der Waals surface area contributed by atoms with Crippen LogP contribution in [0.25, 0.3) is 16.6 Å². The fourth-order valence-corrected chi connectivity index (χ4v) is 3.94. The van der Waals surface area contributed by atoms with E-state index in [4.69, 9.17) is 10.5 Å². The standard InChI is InChI=1S/C25H23F5N6O2/c1-38-9-3-2-4-16-12-17(22-23(31)32-13-33-36(16)22)14-5-8-20(19(27)10-14)34-24(37)35-21-11-15(25(28,29)30)6-7-18(21)26/h5-8,10-13H,2-4,9H2,1H3,(H2,31,32,33)(H2,34,35,37). The quantitative estimate of drug-likeness (QED) is 0.193. The van der Waals surface area contributed by atoms with E-state index in [2.05, 4.69) is 15.4 Å². The summed E-state index contributed by atoms with van der Waals surface area (Å²) < 4.78 is 74.4. The first-order chi connectivity index (χ1) is 18.1. The molecule has 0 aliphatic carbocycles. The van der Waals surface area contributed by atoms with Crippen molar-refractivity contribution in [1.82, 2.24) is 14.6 Å². The van der Waals surface area contributed by atoms with Gasteiger partial charge in [0.1, 0.15) is 23.5 Å². The number of ether oxygens (including phenoxy) is 1. The van der Waals surface area contributed by atoms with Crippen LogP contribution in [0.3, 0.4) is 0 Å². The SMILES string of the molecule is COCCCCc1cc(-c2ccc(NC(=O)Nc3cc(C(F)(F)F)ccc3F)c(F)c2)c2c(N)ncnn12. The summed E-state index contributed by atoms with van der Waals surface area (Å²) in [5.41, 5.74) is 6.30. The average molecular weight is 534 g/mol. The zero-order valence-corrected chi connectivity index (χ0v) is 20.1. The van der Waals surface area contributed by atoms with Crippen LogP contribution in [0, 0.1) is 11.6 Å². The lowest BCUT2D eigenvalue weighted by Crippen LogP contribution is -2.21. The van der Waals surface area contributed by atoms with Crippen molar-refractivity contribution in [2.75, 3.05) is 30.1 Å². The highest BCUT2D eigenvalue weighted by Gasteiger charge is 2.31. The van der Waals surface area contributed by atoms with E-state index >= 15 is 0 Å². The summed E-state index contributed by atoms with van der Waals surface area (Å²) in [6, 6.07) is 6.25. The summed E-state index contributed by atoms with van der Waals surface area (Å²) in [6.07, 6.45) is -1.09. The monoisotopic (exact) mass is 534 g/mol. The molecular weight excluding hydrogens is 511 g/mol. The van der Waals surface area contributed by atoms with Crippen molar-refractivity contribution in [2.24, 2.45) is 0 Å². The van der Waals surface area contributed by atoms with Gasteiger partial charge in [0.15, 0.2) is 5.82 Å². The number of fused-ring (bicyclic) bond motifs is 1. The third kappa shape index (κ3) is 5.83. The first-order valence-corrected chi connectivity index (χ1v) is 11.4. The van der Waals surface area contributed by atoms with Crippen LogP contribution in [0.1, 0.15) is 24.1 Å². The van der Waals surface area contributed by atoms with Gasteiger partial charge >= 0.3 is 12.2 Å². The van der Waals surface area contributed by atoms with Crippen molar-refractivity contribution in [3.05, 3.63) is 71.7 Å². The molecule has 0 spiro atoms. The van der Waals surface area contributed by atoms with E-state index in [1.165, 1.54) is 18.5 Å². The molecule has 2 amide bonds. The van der Waals surface area contributed by atoms with Crippen LogP contribution in [-0.2, 0) is 17.3 Å². The number of halogens is 5. The number of nitrogens with two attached hydrogens (primary N) is 1. The highest BCUT2D eigenvalue weighted by atomic mass is 19.4. The third-order valence-corrected chi connectivity index (χ3v) is 5.76. The Balaban J connectivity index is 1.56. The zero-order valence-electron chi connectivity index (χ0n) is 20.1. The Morgan fingerprint density at radius 3 is 2.50 bits per heavy atom. The molecule has 0 saturated heterocycles. The van der Waals surface area contributed by atoms with Crippen molar-refractivity contribution >= 4 is 28.7 Å². The highest BCUT2D eigenvalue weighted by molar-refractivity contribution is 6.00. The molecule has 0 atom stereocenters. The Labute approximate surface area is 213 Å². The summed E-state index contributed by atoms with van der Waals surface area (Å²) in [6.45, 7) is 0.612. The van der Waals surface area contributed by atoms with Gasteiger partial charge in [0.05, 0.1) is 16.9 Å². The van der Waals surface area contributed by atoms with Crippen LogP contribution in [0.5, 0.6) is 0 Å². The van der Waals surface area contributed by atoms with Crippen molar-refractivity contribution < 1.29 is 31.5 Å². The smallest absolute Gasteiger partial charge is 0.385 e. The minimum Gasteiger partial charge on any atom is -0.385 e. The molecule has 8 nitrogen and oxygen atoms in total. The van der Waals surface area contributed by atoms with E-state index in [0.29, 0.717) is 47.9 Å². The lowest BCUT2D eigenvalue weighted by atomic mass is 10.1. The number of nitrogen functional groups attached to an aromatic ring is 1. The van der Waals surface area contributed by atoms with Crippen LogP contribution < -0.4 is 16.4 Å². The number of methoxy groups -OCH3 is 1. The molecule has 2 heterocycles. The topological polar surface area (TPSA) is 107 Å². The molecule has 13 heteroatoms. The maximum atomic E-state index is 15.0. The molecule has 0 fully saturated rings. The van der Waals surface area contributed by atoms with Gasteiger partial charge in [0, 0.05) is 25.0 Å². The molecule has 38 heavy (non-hydrogen) atoms. The van der Waals surface area contributed by atoms with Crippen LogP contribution in [-0.4, -0.2) is 34.3 Å². The number of unbranched alkanes of at least 4 members (excludes halogenated alkanes) is 1. The number of benzene rings is 2. The van der Waals surface area contributed by atoms with Crippen molar-refractivity contribution in [2.45, 2.75) is 25.4 Å². The Hall–Kier alpha value is -4.26. The van der Waals surface area contributed by atoms with Gasteiger partial charge in [-0.25, -0.2) is 23.1 Å². The van der Waals surface area contributed by atoms with E-state index in [1.807, 2.05) is 11.4 Å². The molecule has 4 rings (SSSR count). The maximum Gasteiger partial charge on any atom is 0.416 e. The Kier molecular flexibility index (Phi) is 7.76. The number of anilines is 3. The van der Waals surface area contributed by atoms with E-state index < -0.39 is 35.1 Å². The molecule has 200 valence electrons. The minimum absolute atomic E-state index is 0.197.